The monoisotopic (exact) mass is 158 g/mol. The summed E-state index contributed by atoms with van der Waals surface area (Å²) in [6.07, 6.45) is 0.330. The summed E-state index contributed by atoms with van der Waals surface area (Å²) >= 11 is 0. The summed E-state index contributed by atoms with van der Waals surface area (Å²) in [6.45, 7) is 2.74. The summed E-state index contributed by atoms with van der Waals surface area (Å²) in [5.74, 6) is -0.0680. The highest BCUT2D eigenvalue weighted by Crippen LogP contribution is 2.09. The molecule has 0 bridgehead atoms. The number of carbonyl (C=O) groups excluding carboxylic acids is 1. The van der Waals surface area contributed by atoms with Crippen molar-refractivity contribution in [3.8, 4) is 0 Å². The number of nitrogens with zero attached hydrogens (tertiary/aromatic N) is 1. The van der Waals surface area contributed by atoms with Crippen molar-refractivity contribution in [1.82, 2.24) is 4.90 Å². The first-order valence-electron chi connectivity index (χ1n) is 3.83. The number of aliphatic hydroxyl groups excluding tert-OH is 1. The maximum Gasteiger partial charge on any atom is 0.239 e. The number of hydrogen-bond acceptors (Lipinski definition) is 3. The van der Waals surface area contributed by atoms with Crippen molar-refractivity contribution in [2.45, 2.75) is 25.5 Å². The molecular formula is C7H14N2O2. The van der Waals surface area contributed by atoms with Gasteiger partial charge in [0.25, 0.3) is 0 Å². The molecule has 1 aliphatic rings. The highest BCUT2D eigenvalue weighted by Gasteiger charge is 2.25. The van der Waals surface area contributed by atoms with E-state index in [0.29, 0.717) is 19.5 Å². The normalized spacial score (nSPS) is 27.2. The summed E-state index contributed by atoms with van der Waals surface area (Å²) < 4.78 is 0. The third-order valence-electron chi connectivity index (χ3n) is 1.86. The first-order chi connectivity index (χ1) is 5.11. The standard InChI is InChI=1S/C7H14N2O2/c1-5(8)7(11)9-3-2-6(10)4-9/h5-6,10H,2-4,8H2,1H3/t5-,6-/m1/s1. The lowest BCUT2D eigenvalue weighted by Crippen LogP contribution is -2.41. The Morgan fingerprint density at radius 1 is 1.82 bits per heavy atom. The average molecular weight is 158 g/mol. The maximum absolute atomic E-state index is 11.2. The second kappa shape index (κ2) is 3.19. The molecule has 1 amide bonds. The van der Waals surface area contributed by atoms with Crippen LogP contribution < -0.4 is 5.73 Å². The predicted octanol–water partition coefficient (Wildman–Crippen LogP) is -1.07. The maximum atomic E-state index is 11.2. The lowest BCUT2D eigenvalue weighted by molar-refractivity contribution is -0.131. The van der Waals surface area contributed by atoms with Crippen LogP contribution in [0.25, 0.3) is 0 Å². The summed E-state index contributed by atoms with van der Waals surface area (Å²) in [7, 11) is 0. The molecule has 64 valence electrons. The summed E-state index contributed by atoms with van der Waals surface area (Å²) in [6, 6.07) is -0.444. The molecule has 4 nitrogen and oxygen atoms in total. The Balaban J connectivity index is 2.43. The molecular weight excluding hydrogens is 144 g/mol. The molecule has 1 saturated heterocycles. The van der Waals surface area contributed by atoms with Gasteiger partial charge in [0, 0.05) is 13.1 Å². The smallest absolute Gasteiger partial charge is 0.239 e. The molecule has 1 heterocycles. The van der Waals surface area contributed by atoms with Crippen LogP contribution in [0.4, 0.5) is 0 Å². The topological polar surface area (TPSA) is 66.6 Å². The molecule has 1 fully saturated rings. The Labute approximate surface area is 66.0 Å². The zero-order valence-corrected chi connectivity index (χ0v) is 6.66. The summed E-state index contributed by atoms with van der Waals surface area (Å²) in [4.78, 5) is 12.8. The zero-order valence-electron chi connectivity index (χ0n) is 6.66. The SMILES string of the molecule is C[C@@H](N)C(=O)N1CC[C@@H](O)C1. The number of β-amino-alcohol motifs (C(OH)–C–C–N with tert-alkyl or cyclic N) is 1. The van der Waals surface area contributed by atoms with Gasteiger partial charge < -0.3 is 15.7 Å². The van der Waals surface area contributed by atoms with E-state index in [-0.39, 0.29) is 12.0 Å². The number of hydrogen-bond donors (Lipinski definition) is 2. The minimum absolute atomic E-state index is 0.0680. The van der Waals surface area contributed by atoms with Gasteiger partial charge in [-0.3, -0.25) is 4.79 Å². The van der Waals surface area contributed by atoms with Crippen molar-refractivity contribution in [3.63, 3.8) is 0 Å². The predicted molar refractivity (Wildman–Crippen MR) is 40.9 cm³/mol. The van der Waals surface area contributed by atoms with Crippen molar-refractivity contribution in [2.75, 3.05) is 13.1 Å². The Bertz CT molecular complexity index is 159. The van der Waals surface area contributed by atoms with E-state index >= 15 is 0 Å². The van der Waals surface area contributed by atoms with Gasteiger partial charge in [0.15, 0.2) is 0 Å². The molecule has 4 heteroatoms. The van der Waals surface area contributed by atoms with Crippen molar-refractivity contribution < 1.29 is 9.90 Å². The minimum atomic E-state index is -0.444. The van der Waals surface area contributed by atoms with Crippen LogP contribution in [0.15, 0.2) is 0 Å². The molecule has 2 atom stereocenters. The molecule has 0 spiro atoms. The number of likely N-dealkylation sites (tertiary alicyclic amines) is 1. The van der Waals surface area contributed by atoms with Crippen LogP contribution in [0.2, 0.25) is 0 Å². The van der Waals surface area contributed by atoms with Gasteiger partial charge in [-0.05, 0) is 13.3 Å². The van der Waals surface area contributed by atoms with E-state index in [1.165, 1.54) is 0 Å². The van der Waals surface area contributed by atoms with Gasteiger partial charge in [-0.2, -0.15) is 0 Å². The molecule has 1 rings (SSSR count). The van der Waals surface area contributed by atoms with Gasteiger partial charge >= 0.3 is 0 Å². The fourth-order valence-electron chi connectivity index (χ4n) is 1.23. The lowest BCUT2D eigenvalue weighted by Gasteiger charge is -2.17. The quantitative estimate of drug-likeness (QED) is 0.510. The van der Waals surface area contributed by atoms with Crippen molar-refractivity contribution in [2.24, 2.45) is 5.73 Å². The molecule has 11 heavy (non-hydrogen) atoms. The van der Waals surface area contributed by atoms with Crippen molar-refractivity contribution in [1.29, 1.82) is 0 Å². The number of amides is 1. The van der Waals surface area contributed by atoms with Gasteiger partial charge in [-0.15, -0.1) is 0 Å². The number of rotatable bonds is 1. The van der Waals surface area contributed by atoms with E-state index in [1.54, 1.807) is 11.8 Å². The third-order valence-corrected chi connectivity index (χ3v) is 1.86. The van der Waals surface area contributed by atoms with Gasteiger partial charge in [-0.25, -0.2) is 0 Å². The fraction of sp³-hybridized carbons (Fsp3) is 0.857. The van der Waals surface area contributed by atoms with Gasteiger partial charge in [0.05, 0.1) is 12.1 Å². The number of aliphatic hydroxyl groups is 1. The third kappa shape index (κ3) is 1.91. The van der Waals surface area contributed by atoms with E-state index in [4.69, 9.17) is 10.8 Å². The van der Waals surface area contributed by atoms with Crippen LogP contribution >= 0.6 is 0 Å². The molecule has 0 aromatic rings. The molecule has 0 radical (unpaired) electrons. The van der Waals surface area contributed by atoms with Crippen LogP contribution in [0.3, 0.4) is 0 Å². The summed E-state index contributed by atoms with van der Waals surface area (Å²) in [5, 5.41) is 9.10. The van der Waals surface area contributed by atoms with Gasteiger partial charge in [-0.1, -0.05) is 0 Å². The van der Waals surface area contributed by atoms with E-state index in [2.05, 4.69) is 0 Å². The zero-order chi connectivity index (χ0) is 8.43. The van der Waals surface area contributed by atoms with Gasteiger partial charge in [0.1, 0.15) is 0 Å². The molecule has 1 aliphatic heterocycles. The van der Waals surface area contributed by atoms with E-state index in [1.807, 2.05) is 0 Å². The Hall–Kier alpha value is -0.610. The van der Waals surface area contributed by atoms with E-state index < -0.39 is 6.04 Å². The van der Waals surface area contributed by atoms with E-state index in [9.17, 15) is 4.79 Å². The molecule has 0 aromatic heterocycles. The number of nitrogens with two attached hydrogens (primary N) is 1. The first-order valence-corrected chi connectivity index (χ1v) is 3.83. The highest BCUT2D eigenvalue weighted by molar-refractivity contribution is 5.81. The van der Waals surface area contributed by atoms with Crippen LogP contribution in [-0.2, 0) is 4.79 Å². The van der Waals surface area contributed by atoms with Crippen molar-refractivity contribution in [3.05, 3.63) is 0 Å². The van der Waals surface area contributed by atoms with Crippen LogP contribution in [-0.4, -0.2) is 41.1 Å². The second-order valence-corrected chi connectivity index (χ2v) is 3.02. The highest BCUT2D eigenvalue weighted by atomic mass is 16.3. The molecule has 0 aromatic carbocycles. The van der Waals surface area contributed by atoms with Crippen LogP contribution in [0.1, 0.15) is 13.3 Å². The lowest BCUT2D eigenvalue weighted by atomic mass is 10.3. The summed E-state index contributed by atoms with van der Waals surface area (Å²) in [5.41, 5.74) is 5.39. The first kappa shape index (κ1) is 8.49. The molecule has 0 saturated carbocycles. The second-order valence-electron chi connectivity index (χ2n) is 3.02. The largest absolute Gasteiger partial charge is 0.391 e. The molecule has 0 unspecified atom stereocenters. The van der Waals surface area contributed by atoms with Crippen LogP contribution in [0.5, 0.6) is 0 Å². The van der Waals surface area contributed by atoms with Crippen molar-refractivity contribution >= 4 is 5.91 Å². The molecule has 3 N–H and O–H groups in total. The fourth-order valence-corrected chi connectivity index (χ4v) is 1.23. The van der Waals surface area contributed by atoms with Crippen LogP contribution in [0, 0.1) is 0 Å². The Kier molecular flexibility index (Phi) is 2.46. The Morgan fingerprint density at radius 3 is 2.82 bits per heavy atom. The Morgan fingerprint density at radius 2 is 2.45 bits per heavy atom. The minimum Gasteiger partial charge on any atom is -0.391 e. The van der Waals surface area contributed by atoms with Gasteiger partial charge in [0.2, 0.25) is 5.91 Å². The van der Waals surface area contributed by atoms with E-state index in [0.717, 1.165) is 0 Å². The molecule has 0 aliphatic carbocycles. The number of carbonyl (C=O) groups is 1. The average Bonchev–Trinajstić information content (AvgIpc) is 2.34.